The van der Waals surface area contributed by atoms with E-state index >= 15 is 0 Å². The SMILES string of the molecule is NNc1nc(-c2cccc(Cl)c2)nc2c1CSC2. The van der Waals surface area contributed by atoms with Gasteiger partial charge in [-0.15, -0.1) is 0 Å². The molecule has 92 valence electrons. The molecule has 1 aliphatic rings. The van der Waals surface area contributed by atoms with Crippen molar-refractivity contribution in [3.05, 3.63) is 40.5 Å². The van der Waals surface area contributed by atoms with E-state index in [9.17, 15) is 0 Å². The van der Waals surface area contributed by atoms with Gasteiger partial charge in [-0.3, -0.25) is 0 Å². The van der Waals surface area contributed by atoms with Crippen LogP contribution in [0.15, 0.2) is 24.3 Å². The second-order valence-electron chi connectivity index (χ2n) is 3.97. The molecular weight excluding hydrogens is 268 g/mol. The molecule has 0 atom stereocenters. The molecule has 0 radical (unpaired) electrons. The third kappa shape index (κ3) is 2.05. The van der Waals surface area contributed by atoms with E-state index in [0.717, 1.165) is 28.3 Å². The zero-order chi connectivity index (χ0) is 12.5. The lowest BCUT2D eigenvalue weighted by molar-refractivity contribution is 1.06. The Hall–Kier alpha value is -1.30. The van der Waals surface area contributed by atoms with Crippen LogP contribution in [0.2, 0.25) is 5.02 Å². The van der Waals surface area contributed by atoms with Gasteiger partial charge in [0.25, 0.3) is 0 Å². The largest absolute Gasteiger partial charge is 0.308 e. The molecule has 0 spiro atoms. The monoisotopic (exact) mass is 278 g/mol. The van der Waals surface area contributed by atoms with Gasteiger partial charge in [0.1, 0.15) is 5.82 Å². The summed E-state index contributed by atoms with van der Waals surface area (Å²) in [5, 5.41) is 0.674. The number of nitrogens with one attached hydrogen (secondary N) is 1. The van der Waals surface area contributed by atoms with Crippen molar-refractivity contribution in [2.75, 3.05) is 5.43 Å². The second kappa shape index (κ2) is 4.76. The molecule has 0 amide bonds. The Morgan fingerprint density at radius 3 is 2.94 bits per heavy atom. The average Bonchev–Trinajstić information content (AvgIpc) is 2.85. The number of hydrazine groups is 1. The molecule has 1 aliphatic heterocycles. The zero-order valence-electron chi connectivity index (χ0n) is 9.48. The Morgan fingerprint density at radius 1 is 1.28 bits per heavy atom. The van der Waals surface area contributed by atoms with Crippen LogP contribution >= 0.6 is 23.4 Å². The van der Waals surface area contributed by atoms with Gasteiger partial charge in [0.15, 0.2) is 5.82 Å². The first kappa shape index (κ1) is 11.8. The van der Waals surface area contributed by atoms with Gasteiger partial charge < -0.3 is 5.43 Å². The van der Waals surface area contributed by atoms with Crippen LogP contribution < -0.4 is 11.3 Å². The first-order valence-corrected chi connectivity index (χ1v) is 7.01. The van der Waals surface area contributed by atoms with E-state index in [-0.39, 0.29) is 0 Å². The summed E-state index contributed by atoms with van der Waals surface area (Å²) in [6, 6.07) is 7.51. The second-order valence-corrected chi connectivity index (χ2v) is 5.39. The van der Waals surface area contributed by atoms with Crippen LogP contribution in [0.5, 0.6) is 0 Å². The predicted molar refractivity (Wildman–Crippen MR) is 75.3 cm³/mol. The molecule has 2 aromatic rings. The van der Waals surface area contributed by atoms with Crippen molar-refractivity contribution in [1.29, 1.82) is 0 Å². The van der Waals surface area contributed by atoms with E-state index in [2.05, 4.69) is 15.4 Å². The molecule has 0 saturated heterocycles. The van der Waals surface area contributed by atoms with Crippen molar-refractivity contribution < 1.29 is 0 Å². The lowest BCUT2D eigenvalue weighted by atomic mass is 10.2. The standard InChI is InChI=1S/C12H11ClN4S/c13-8-3-1-2-7(4-8)11-15-10-6-18-5-9(10)12(16-11)17-14/h1-4H,5-6,14H2,(H,15,16,17). The van der Waals surface area contributed by atoms with Gasteiger partial charge in [0, 0.05) is 27.7 Å². The highest BCUT2D eigenvalue weighted by atomic mass is 35.5. The number of rotatable bonds is 2. The third-order valence-electron chi connectivity index (χ3n) is 2.80. The number of nitrogen functional groups attached to an aromatic ring is 1. The summed E-state index contributed by atoms with van der Waals surface area (Å²) < 4.78 is 0. The van der Waals surface area contributed by atoms with Gasteiger partial charge in [0.05, 0.1) is 5.69 Å². The van der Waals surface area contributed by atoms with Crippen molar-refractivity contribution in [3.63, 3.8) is 0 Å². The quantitative estimate of drug-likeness (QED) is 0.653. The van der Waals surface area contributed by atoms with E-state index in [1.807, 2.05) is 36.0 Å². The number of benzene rings is 1. The Labute approximate surface area is 114 Å². The maximum absolute atomic E-state index is 5.99. The number of halogens is 1. The summed E-state index contributed by atoms with van der Waals surface area (Å²) in [6.45, 7) is 0. The fraction of sp³-hybridized carbons (Fsp3) is 0.167. The van der Waals surface area contributed by atoms with E-state index in [1.54, 1.807) is 0 Å². The summed E-state index contributed by atoms with van der Waals surface area (Å²) in [4.78, 5) is 9.04. The van der Waals surface area contributed by atoms with Gasteiger partial charge in [-0.1, -0.05) is 23.7 Å². The molecule has 0 unspecified atom stereocenters. The third-order valence-corrected chi connectivity index (χ3v) is 4.00. The molecule has 1 aromatic carbocycles. The first-order valence-electron chi connectivity index (χ1n) is 5.48. The smallest absolute Gasteiger partial charge is 0.161 e. The predicted octanol–water partition coefficient (Wildman–Crippen LogP) is 2.83. The minimum Gasteiger partial charge on any atom is -0.308 e. The molecule has 18 heavy (non-hydrogen) atoms. The van der Waals surface area contributed by atoms with E-state index in [0.29, 0.717) is 16.7 Å². The molecule has 0 saturated carbocycles. The lowest BCUT2D eigenvalue weighted by Gasteiger charge is -2.09. The Kier molecular flexibility index (Phi) is 3.11. The minimum absolute atomic E-state index is 0.659. The van der Waals surface area contributed by atoms with Crippen LogP contribution in [0.4, 0.5) is 5.82 Å². The average molecular weight is 279 g/mol. The molecule has 3 rings (SSSR count). The highest BCUT2D eigenvalue weighted by Crippen LogP contribution is 2.34. The summed E-state index contributed by atoms with van der Waals surface area (Å²) in [6.07, 6.45) is 0. The van der Waals surface area contributed by atoms with Gasteiger partial charge in [-0.05, 0) is 12.1 Å². The van der Waals surface area contributed by atoms with E-state index in [4.69, 9.17) is 17.4 Å². The number of nitrogens with zero attached hydrogens (tertiary/aromatic N) is 2. The summed E-state index contributed by atoms with van der Waals surface area (Å²) >= 11 is 7.80. The Morgan fingerprint density at radius 2 is 2.17 bits per heavy atom. The van der Waals surface area contributed by atoms with Crippen molar-refractivity contribution in [1.82, 2.24) is 9.97 Å². The highest BCUT2D eigenvalue weighted by molar-refractivity contribution is 7.98. The lowest BCUT2D eigenvalue weighted by Crippen LogP contribution is -2.12. The molecule has 3 N–H and O–H groups in total. The minimum atomic E-state index is 0.659. The molecule has 2 heterocycles. The maximum atomic E-state index is 5.99. The summed E-state index contributed by atoms with van der Waals surface area (Å²) in [5.74, 6) is 8.70. The number of aromatic nitrogens is 2. The Balaban J connectivity index is 2.13. The number of hydrogen-bond acceptors (Lipinski definition) is 5. The van der Waals surface area contributed by atoms with Gasteiger partial charge >= 0.3 is 0 Å². The molecule has 0 bridgehead atoms. The number of nitrogens with two attached hydrogens (primary N) is 1. The fourth-order valence-corrected chi connectivity index (χ4v) is 3.16. The molecule has 6 heteroatoms. The fourth-order valence-electron chi connectivity index (χ4n) is 1.93. The van der Waals surface area contributed by atoms with Crippen molar-refractivity contribution >= 4 is 29.2 Å². The van der Waals surface area contributed by atoms with E-state index in [1.165, 1.54) is 0 Å². The number of hydrogen-bond donors (Lipinski definition) is 2. The maximum Gasteiger partial charge on any atom is 0.161 e. The highest BCUT2D eigenvalue weighted by Gasteiger charge is 2.19. The van der Waals surface area contributed by atoms with Crippen LogP contribution in [0.25, 0.3) is 11.4 Å². The summed E-state index contributed by atoms with van der Waals surface area (Å²) in [5.41, 5.74) is 5.71. The van der Waals surface area contributed by atoms with Gasteiger partial charge in [0.2, 0.25) is 0 Å². The normalized spacial score (nSPS) is 13.4. The van der Waals surface area contributed by atoms with E-state index < -0.39 is 0 Å². The first-order chi connectivity index (χ1) is 8.78. The number of thioether (sulfide) groups is 1. The van der Waals surface area contributed by atoms with Crippen LogP contribution in [0.3, 0.4) is 0 Å². The molecule has 0 fully saturated rings. The van der Waals surface area contributed by atoms with Crippen LogP contribution in [-0.4, -0.2) is 9.97 Å². The van der Waals surface area contributed by atoms with Gasteiger partial charge in [-0.2, -0.15) is 11.8 Å². The van der Waals surface area contributed by atoms with Gasteiger partial charge in [-0.25, -0.2) is 15.8 Å². The molecular formula is C12H11ClN4S. The van der Waals surface area contributed by atoms with Crippen molar-refractivity contribution in [3.8, 4) is 11.4 Å². The summed E-state index contributed by atoms with van der Waals surface area (Å²) in [7, 11) is 0. The topological polar surface area (TPSA) is 63.8 Å². The Bertz CT molecular complexity index is 603. The number of anilines is 1. The molecule has 0 aliphatic carbocycles. The van der Waals surface area contributed by atoms with Crippen molar-refractivity contribution in [2.45, 2.75) is 11.5 Å². The van der Waals surface area contributed by atoms with Crippen LogP contribution in [0.1, 0.15) is 11.3 Å². The number of fused-ring (bicyclic) bond motifs is 1. The van der Waals surface area contributed by atoms with Crippen molar-refractivity contribution in [2.24, 2.45) is 5.84 Å². The van der Waals surface area contributed by atoms with Crippen LogP contribution in [0, 0.1) is 0 Å². The molecule has 4 nitrogen and oxygen atoms in total. The zero-order valence-corrected chi connectivity index (χ0v) is 11.1. The molecule has 1 aromatic heterocycles. The van der Waals surface area contributed by atoms with Crippen LogP contribution in [-0.2, 0) is 11.5 Å².